The summed E-state index contributed by atoms with van der Waals surface area (Å²) < 4.78 is 29.4. The van der Waals surface area contributed by atoms with Crippen LogP contribution in [-0.2, 0) is 0 Å². The Bertz CT molecular complexity index is 1310. The van der Waals surface area contributed by atoms with Crippen LogP contribution in [0.15, 0.2) is 41.6 Å². The highest BCUT2D eigenvalue weighted by Crippen LogP contribution is 2.31. The van der Waals surface area contributed by atoms with Gasteiger partial charge in [0.2, 0.25) is 5.88 Å². The van der Waals surface area contributed by atoms with E-state index in [1.54, 1.807) is 37.6 Å². The zero-order chi connectivity index (χ0) is 23.5. The van der Waals surface area contributed by atoms with Crippen LogP contribution in [0, 0.1) is 12.7 Å². The number of hydrogen-bond donors (Lipinski definition) is 3. The third-order valence-corrected chi connectivity index (χ3v) is 6.31. The number of rotatable bonds is 7. The Morgan fingerprint density at radius 1 is 1.15 bits per heavy atom. The van der Waals surface area contributed by atoms with Gasteiger partial charge >= 0.3 is 0 Å². The molecule has 0 atom stereocenters. The number of halogens is 1. The lowest BCUT2D eigenvalue weighted by Crippen LogP contribution is -2.34. The molecule has 4 aromatic rings. The van der Waals surface area contributed by atoms with Gasteiger partial charge in [0.05, 0.1) is 12.8 Å². The molecular weight excluding hydrogens is 457 g/mol. The number of benzene rings is 1. The summed E-state index contributed by atoms with van der Waals surface area (Å²) >= 11 is 1.19. The average Bonchev–Trinajstić information content (AvgIpc) is 3.25. The van der Waals surface area contributed by atoms with Crippen molar-refractivity contribution < 1.29 is 13.9 Å². The van der Waals surface area contributed by atoms with E-state index < -0.39 is 5.82 Å². The molecule has 0 amide bonds. The summed E-state index contributed by atoms with van der Waals surface area (Å²) in [6.45, 7) is 3.71. The van der Waals surface area contributed by atoms with Gasteiger partial charge < -0.3 is 19.5 Å². The molecule has 0 saturated carbocycles. The highest BCUT2D eigenvalue weighted by atomic mass is 32.2. The first-order valence-corrected chi connectivity index (χ1v) is 11.8. The van der Waals surface area contributed by atoms with E-state index in [9.17, 15) is 4.39 Å². The smallest absolute Gasteiger partial charge is 0.228 e. The van der Waals surface area contributed by atoms with Crippen LogP contribution in [0.4, 0.5) is 10.1 Å². The maximum absolute atomic E-state index is 14.9. The normalized spacial score (nSPS) is 14.3. The van der Waals surface area contributed by atoms with Crippen molar-refractivity contribution in [2.45, 2.75) is 30.9 Å². The van der Waals surface area contributed by atoms with Crippen LogP contribution < -0.4 is 19.5 Å². The highest BCUT2D eigenvalue weighted by molar-refractivity contribution is 8.00. The molecule has 1 saturated heterocycles. The third-order valence-electron chi connectivity index (χ3n) is 5.56. The second-order valence-electron chi connectivity index (χ2n) is 7.90. The molecule has 0 aliphatic carbocycles. The minimum absolute atomic E-state index is 0.0621. The number of aromatic nitrogens is 5. The lowest BCUT2D eigenvalue weighted by atomic mass is 10.1. The van der Waals surface area contributed by atoms with Gasteiger partial charge in [0.1, 0.15) is 28.1 Å². The van der Waals surface area contributed by atoms with Gasteiger partial charge in [0, 0.05) is 35.5 Å². The zero-order valence-corrected chi connectivity index (χ0v) is 19.6. The maximum atomic E-state index is 14.9. The summed E-state index contributed by atoms with van der Waals surface area (Å²) in [5.41, 5.74) is 2.18. The Kier molecular flexibility index (Phi) is 6.45. The summed E-state index contributed by atoms with van der Waals surface area (Å²) in [6, 6.07) is 8.33. The van der Waals surface area contributed by atoms with Gasteiger partial charge in [-0.05, 0) is 57.1 Å². The van der Waals surface area contributed by atoms with Gasteiger partial charge in [-0.1, -0.05) is 0 Å². The van der Waals surface area contributed by atoms with Gasteiger partial charge in [-0.3, -0.25) is 5.10 Å². The number of hydrogen-bond acceptors (Lipinski definition) is 9. The second-order valence-corrected chi connectivity index (χ2v) is 8.73. The number of methoxy groups -OCH3 is 1. The number of pyridine rings is 1. The van der Waals surface area contributed by atoms with Crippen LogP contribution in [0.25, 0.3) is 22.4 Å². The Morgan fingerprint density at radius 2 is 2.00 bits per heavy atom. The molecule has 4 heterocycles. The second kappa shape index (κ2) is 9.82. The minimum Gasteiger partial charge on any atom is -0.497 e. The van der Waals surface area contributed by atoms with Crippen LogP contribution >= 0.6 is 11.9 Å². The lowest BCUT2D eigenvalue weighted by molar-refractivity contribution is 0.158. The minimum atomic E-state index is -0.435. The van der Waals surface area contributed by atoms with Crippen LogP contribution in [-0.4, -0.2) is 51.5 Å². The van der Waals surface area contributed by atoms with E-state index in [2.05, 4.69) is 35.2 Å². The molecule has 0 spiro atoms. The van der Waals surface area contributed by atoms with Crippen LogP contribution in [0.3, 0.4) is 0 Å². The molecule has 3 aromatic heterocycles. The predicted molar refractivity (Wildman–Crippen MR) is 129 cm³/mol. The van der Waals surface area contributed by atoms with E-state index in [0.29, 0.717) is 39.4 Å². The largest absolute Gasteiger partial charge is 0.497 e. The number of ether oxygens (including phenoxy) is 2. The molecule has 0 radical (unpaired) electrons. The molecule has 5 rings (SSSR count). The van der Waals surface area contributed by atoms with Crippen molar-refractivity contribution in [2.75, 3.05) is 24.9 Å². The Labute approximate surface area is 200 Å². The van der Waals surface area contributed by atoms with Crippen molar-refractivity contribution >= 4 is 28.7 Å². The fourth-order valence-electron chi connectivity index (χ4n) is 3.73. The highest BCUT2D eigenvalue weighted by Gasteiger charge is 2.21. The molecule has 0 bridgehead atoms. The zero-order valence-electron chi connectivity index (χ0n) is 18.8. The Hall–Kier alpha value is -3.44. The number of piperidine rings is 1. The number of aromatic amines is 1. The number of nitrogens with one attached hydrogen (secondary N) is 3. The topological polar surface area (TPSA) is 110 Å². The molecule has 0 unspecified atom stereocenters. The third kappa shape index (κ3) is 4.75. The standard InChI is InChI=1S/C23H24FN7O2S/c1-13-20-22(30-29-13)27-21(28-23(20)33-15-5-8-25-9-6-15)14-3-4-18(17(24)11-14)31-34-19-12-16(32-2)7-10-26-19/h3-4,7,10-12,15,25,31H,5-6,8-9H2,1-2H3,(H,27,28,29,30). The fourth-order valence-corrected chi connectivity index (χ4v) is 4.40. The molecule has 9 nitrogen and oxygen atoms in total. The van der Waals surface area contributed by atoms with Crippen molar-refractivity contribution in [2.24, 2.45) is 0 Å². The van der Waals surface area contributed by atoms with Crippen LogP contribution in [0.1, 0.15) is 18.5 Å². The summed E-state index contributed by atoms with van der Waals surface area (Å²) in [7, 11) is 1.59. The van der Waals surface area contributed by atoms with E-state index in [-0.39, 0.29) is 6.10 Å². The molecule has 3 N–H and O–H groups in total. The van der Waals surface area contributed by atoms with E-state index >= 15 is 0 Å². The SMILES string of the molecule is COc1ccnc(SNc2ccc(-c3nc(OC4CCNCC4)c4c(C)[nH]nc4n3)cc2F)c1. The van der Waals surface area contributed by atoms with Crippen molar-refractivity contribution in [3.05, 3.63) is 48.0 Å². The maximum Gasteiger partial charge on any atom is 0.228 e. The Morgan fingerprint density at radius 3 is 2.79 bits per heavy atom. The molecule has 1 aromatic carbocycles. The van der Waals surface area contributed by atoms with Crippen molar-refractivity contribution in [3.63, 3.8) is 0 Å². The van der Waals surface area contributed by atoms with E-state index in [4.69, 9.17) is 9.47 Å². The van der Waals surface area contributed by atoms with Gasteiger partial charge in [0.25, 0.3) is 0 Å². The number of nitrogens with zero attached hydrogens (tertiary/aromatic N) is 4. The first-order valence-electron chi connectivity index (χ1n) is 10.9. The van der Waals surface area contributed by atoms with Crippen LogP contribution in [0.5, 0.6) is 11.6 Å². The van der Waals surface area contributed by atoms with Crippen LogP contribution in [0.2, 0.25) is 0 Å². The summed E-state index contributed by atoms with van der Waals surface area (Å²) in [6.07, 6.45) is 3.49. The first kappa shape index (κ1) is 22.4. The van der Waals surface area contributed by atoms with Crippen molar-refractivity contribution in [3.8, 4) is 23.0 Å². The van der Waals surface area contributed by atoms with E-state index in [1.165, 1.54) is 18.0 Å². The fraction of sp³-hybridized carbons (Fsp3) is 0.304. The van der Waals surface area contributed by atoms with Gasteiger partial charge in [0.15, 0.2) is 11.5 Å². The molecule has 176 valence electrons. The molecule has 1 fully saturated rings. The number of aryl methyl sites for hydroxylation is 1. The summed E-state index contributed by atoms with van der Waals surface area (Å²) in [5, 5.41) is 12.0. The summed E-state index contributed by atoms with van der Waals surface area (Å²) in [4.78, 5) is 13.4. The lowest BCUT2D eigenvalue weighted by Gasteiger charge is -2.23. The quantitative estimate of drug-likeness (QED) is 0.336. The number of fused-ring (bicyclic) bond motifs is 1. The molecule has 1 aliphatic heterocycles. The van der Waals surface area contributed by atoms with E-state index in [1.807, 2.05) is 6.92 Å². The molecular formula is C23H24FN7O2S. The molecule has 11 heteroatoms. The monoisotopic (exact) mass is 481 g/mol. The van der Waals surface area contributed by atoms with Gasteiger partial charge in [-0.25, -0.2) is 14.4 Å². The Balaban J connectivity index is 1.40. The number of anilines is 1. The van der Waals surface area contributed by atoms with E-state index in [0.717, 1.165) is 37.0 Å². The predicted octanol–water partition coefficient (Wildman–Crippen LogP) is 4.12. The first-order chi connectivity index (χ1) is 16.6. The molecule has 1 aliphatic rings. The van der Waals surface area contributed by atoms with Crippen molar-refractivity contribution in [1.82, 2.24) is 30.5 Å². The van der Waals surface area contributed by atoms with Gasteiger partial charge in [-0.2, -0.15) is 10.1 Å². The summed E-state index contributed by atoms with van der Waals surface area (Å²) in [5.74, 6) is 1.07. The van der Waals surface area contributed by atoms with Crippen molar-refractivity contribution in [1.29, 1.82) is 0 Å². The average molecular weight is 482 g/mol. The molecule has 34 heavy (non-hydrogen) atoms. The van der Waals surface area contributed by atoms with Gasteiger partial charge in [-0.15, -0.1) is 0 Å². The number of H-pyrrole nitrogens is 1.